The van der Waals surface area contributed by atoms with Gasteiger partial charge in [0.1, 0.15) is 0 Å². The first-order chi connectivity index (χ1) is 20.6. The first-order valence-electron chi connectivity index (χ1n) is 14.4. The summed E-state index contributed by atoms with van der Waals surface area (Å²) in [6, 6.07) is 45.1. The molecule has 0 saturated carbocycles. The summed E-state index contributed by atoms with van der Waals surface area (Å²) < 4.78 is 2.22. The highest BCUT2D eigenvalue weighted by Crippen LogP contribution is 2.42. The summed E-state index contributed by atoms with van der Waals surface area (Å²) in [5, 5.41) is 2.40. The van der Waals surface area contributed by atoms with Crippen molar-refractivity contribution in [3.05, 3.63) is 145 Å². The van der Waals surface area contributed by atoms with Crippen LogP contribution in [0.3, 0.4) is 0 Å². The van der Waals surface area contributed by atoms with Crippen molar-refractivity contribution >= 4 is 27.9 Å². The van der Waals surface area contributed by atoms with E-state index in [4.69, 9.17) is 9.97 Å². The molecule has 0 fully saturated rings. The Labute approximate surface area is 245 Å². The average molecular weight is 540 g/mol. The van der Waals surface area contributed by atoms with Crippen molar-refractivity contribution in [2.24, 2.45) is 0 Å². The Bertz CT molecular complexity index is 2040. The number of aromatic nitrogens is 3. The third-order valence-corrected chi connectivity index (χ3v) is 8.41. The number of para-hydroxylation sites is 2. The highest BCUT2D eigenvalue weighted by Gasteiger charge is 2.31. The lowest BCUT2D eigenvalue weighted by Crippen LogP contribution is -2.16. The van der Waals surface area contributed by atoms with Crippen molar-refractivity contribution < 1.29 is 0 Å². The van der Waals surface area contributed by atoms with Crippen molar-refractivity contribution in [1.82, 2.24) is 14.5 Å². The second-order valence-electron chi connectivity index (χ2n) is 11.6. The van der Waals surface area contributed by atoms with Gasteiger partial charge < -0.3 is 0 Å². The van der Waals surface area contributed by atoms with Crippen LogP contribution in [-0.2, 0) is 5.41 Å². The molecule has 42 heavy (non-hydrogen) atoms. The summed E-state index contributed by atoms with van der Waals surface area (Å²) in [4.78, 5) is 10.7. The van der Waals surface area contributed by atoms with Gasteiger partial charge in [-0.25, -0.2) is 9.97 Å². The van der Waals surface area contributed by atoms with E-state index >= 15 is 0 Å². The van der Waals surface area contributed by atoms with Crippen LogP contribution in [0.15, 0.2) is 133 Å². The highest BCUT2D eigenvalue weighted by molar-refractivity contribution is 6.09. The second kappa shape index (κ2) is 9.39. The number of benzene rings is 5. The number of hydrogen-bond donors (Lipinski definition) is 0. The zero-order valence-electron chi connectivity index (χ0n) is 23.6. The summed E-state index contributed by atoms with van der Waals surface area (Å²) in [7, 11) is 0. The van der Waals surface area contributed by atoms with Crippen LogP contribution in [0.25, 0.3) is 67.3 Å². The number of nitrogens with zero attached hydrogens (tertiary/aromatic N) is 3. The molecule has 0 atom stereocenters. The third-order valence-electron chi connectivity index (χ3n) is 8.41. The van der Waals surface area contributed by atoms with E-state index < -0.39 is 0 Å². The average Bonchev–Trinajstić information content (AvgIpc) is 3.55. The lowest BCUT2D eigenvalue weighted by molar-refractivity contribution is 0.651. The Hall–Kier alpha value is -5.28. The van der Waals surface area contributed by atoms with Gasteiger partial charge in [0.25, 0.3) is 0 Å². The topological polar surface area (TPSA) is 30.7 Å². The maximum atomic E-state index is 5.39. The molecule has 0 aliphatic heterocycles. The molecule has 8 rings (SSSR count). The van der Waals surface area contributed by atoms with E-state index in [-0.39, 0.29) is 5.41 Å². The Morgan fingerprint density at radius 2 is 1.02 bits per heavy atom. The predicted octanol–water partition coefficient (Wildman–Crippen LogP) is 9.88. The van der Waals surface area contributed by atoms with E-state index in [0.717, 1.165) is 33.5 Å². The maximum absolute atomic E-state index is 5.39. The predicted molar refractivity (Wildman–Crippen MR) is 175 cm³/mol. The van der Waals surface area contributed by atoms with Gasteiger partial charge in [-0.15, -0.1) is 0 Å². The number of hydrogen-bond acceptors (Lipinski definition) is 2. The molecule has 1 aliphatic carbocycles. The standard InChI is InChI=1S/C39H29N3/c1-39(2)22-21-33-36(30-24-28(26-13-5-3-6-14-26)23-29(25-30)27-15-7-4-8-16-27)40-38(41-37(33)39)42-34-19-11-9-17-31(34)32-18-10-12-20-35(32)42/h3-25H,1-2H3. The maximum Gasteiger partial charge on any atom is 0.235 e. The fourth-order valence-corrected chi connectivity index (χ4v) is 6.29. The van der Waals surface area contributed by atoms with Crippen molar-refractivity contribution in [1.29, 1.82) is 0 Å². The highest BCUT2D eigenvalue weighted by atomic mass is 15.2. The van der Waals surface area contributed by atoms with E-state index in [0.29, 0.717) is 5.95 Å². The van der Waals surface area contributed by atoms with Gasteiger partial charge in [0, 0.05) is 27.3 Å². The van der Waals surface area contributed by atoms with Crippen LogP contribution in [0, 0.1) is 0 Å². The lowest BCUT2D eigenvalue weighted by Gasteiger charge is -2.20. The fourth-order valence-electron chi connectivity index (χ4n) is 6.29. The molecular weight excluding hydrogens is 510 g/mol. The lowest BCUT2D eigenvalue weighted by atomic mass is 9.90. The van der Waals surface area contributed by atoms with Gasteiger partial charge in [0.2, 0.25) is 5.95 Å². The minimum atomic E-state index is -0.208. The molecule has 0 saturated heterocycles. The molecule has 1 aliphatic rings. The van der Waals surface area contributed by atoms with E-state index in [1.807, 2.05) is 0 Å². The monoisotopic (exact) mass is 539 g/mol. The largest absolute Gasteiger partial charge is 0.278 e. The minimum Gasteiger partial charge on any atom is -0.278 e. The summed E-state index contributed by atoms with van der Waals surface area (Å²) in [5.41, 5.74) is 10.9. The van der Waals surface area contributed by atoms with Crippen LogP contribution in [0.2, 0.25) is 0 Å². The van der Waals surface area contributed by atoms with E-state index in [2.05, 4.69) is 158 Å². The zero-order valence-corrected chi connectivity index (χ0v) is 23.6. The molecule has 2 aromatic heterocycles. The van der Waals surface area contributed by atoms with Gasteiger partial charge in [0.15, 0.2) is 0 Å². The summed E-state index contributed by atoms with van der Waals surface area (Å²) >= 11 is 0. The zero-order chi connectivity index (χ0) is 28.3. The third kappa shape index (κ3) is 3.89. The van der Waals surface area contributed by atoms with Crippen LogP contribution in [0.1, 0.15) is 25.1 Å². The Morgan fingerprint density at radius 1 is 0.524 bits per heavy atom. The molecule has 0 amide bonds. The van der Waals surface area contributed by atoms with Crippen LogP contribution in [-0.4, -0.2) is 14.5 Å². The molecule has 5 aromatic carbocycles. The molecule has 0 radical (unpaired) electrons. The van der Waals surface area contributed by atoms with Crippen LogP contribution in [0.4, 0.5) is 0 Å². The molecule has 2 heterocycles. The Kier molecular flexibility index (Phi) is 5.48. The molecule has 7 aromatic rings. The van der Waals surface area contributed by atoms with Crippen LogP contribution >= 0.6 is 0 Å². The van der Waals surface area contributed by atoms with E-state index in [9.17, 15) is 0 Å². The second-order valence-corrected chi connectivity index (χ2v) is 11.6. The molecule has 3 heteroatoms. The molecule has 0 unspecified atom stereocenters. The first-order valence-corrected chi connectivity index (χ1v) is 14.4. The van der Waals surface area contributed by atoms with Crippen molar-refractivity contribution in [3.63, 3.8) is 0 Å². The molecule has 3 nitrogen and oxygen atoms in total. The fraction of sp³-hybridized carbons (Fsp3) is 0.0769. The van der Waals surface area contributed by atoms with Gasteiger partial charge in [-0.05, 0) is 52.6 Å². The summed E-state index contributed by atoms with van der Waals surface area (Å²) in [5.74, 6) is 0.698. The van der Waals surface area contributed by atoms with E-state index in [1.54, 1.807) is 0 Å². The normalized spacial score (nSPS) is 13.6. The SMILES string of the molecule is CC1(C)C=Cc2c(-c3cc(-c4ccccc4)cc(-c4ccccc4)c3)nc(-n3c4ccccc4c4ccccc43)nc21. The molecule has 200 valence electrons. The molecule has 0 bridgehead atoms. The van der Waals surface area contributed by atoms with Gasteiger partial charge in [0.05, 0.1) is 22.4 Å². The molecule has 0 spiro atoms. The van der Waals surface area contributed by atoms with Crippen LogP contribution < -0.4 is 0 Å². The molecular formula is C39H29N3. The minimum absolute atomic E-state index is 0.208. The van der Waals surface area contributed by atoms with Crippen molar-refractivity contribution in [3.8, 4) is 39.5 Å². The summed E-state index contributed by atoms with van der Waals surface area (Å²) in [6.07, 6.45) is 4.46. The van der Waals surface area contributed by atoms with Crippen molar-refractivity contribution in [2.45, 2.75) is 19.3 Å². The number of fused-ring (bicyclic) bond motifs is 4. The first kappa shape index (κ1) is 24.5. The number of allylic oxidation sites excluding steroid dienone is 1. The Morgan fingerprint density at radius 3 is 1.60 bits per heavy atom. The Balaban J connectivity index is 1.44. The van der Waals surface area contributed by atoms with Gasteiger partial charge in [-0.2, -0.15) is 0 Å². The van der Waals surface area contributed by atoms with Crippen LogP contribution in [0.5, 0.6) is 0 Å². The quantitative estimate of drug-likeness (QED) is 0.223. The summed E-state index contributed by atoms with van der Waals surface area (Å²) in [6.45, 7) is 4.47. The smallest absolute Gasteiger partial charge is 0.235 e. The number of rotatable bonds is 4. The molecule has 0 N–H and O–H groups in total. The van der Waals surface area contributed by atoms with Gasteiger partial charge in [-0.3, -0.25) is 4.57 Å². The van der Waals surface area contributed by atoms with E-state index in [1.165, 1.54) is 33.0 Å². The van der Waals surface area contributed by atoms with Gasteiger partial charge >= 0.3 is 0 Å². The van der Waals surface area contributed by atoms with Gasteiger partial charge in [-0.1, -0.05) is 123 Å². The van der Waals surface area contributed by atoms with Crippen molar-refractivity contribution in [2.75, 3.05) is 0 Å².